The van der Waals surface area contributed by atoms with Gasteiger partial charge in [-0.05, 0) is 92.7 Å². The molecule has 0 saturated heterocycles. The van der Waals surface area contributed by atoms with Crippen molar-refractivity contribution >= 4 is 11.9 Å². The maximum Gasteiger partial charge on any atom is 0.338 e. The number of hydrogen-bond acceptors (Lipinski definition) is 4. The van der Waals surface area contributed by atoms with Crippen molar-refractivity contribution < 1.29 is 19.1 Å². The van der Waals surface area contributed by atoms with E-state index in [2.05, 4.69) is 20.4 Å². The first-order valence-electron chi connectivity index (χ1n) is 12.3. The SMILES string of the molecule is C=C1[C@@H]2CC[C@H]3[C@]4(C)CCC[C@@](C)(C(=O)OC)[C@H]4CC[C@]3(C2)[C@H]1OC(=O)c1ccccc1. The van der Waals surface area contributed by atoms with Crippen LogP contribution in [0.2, 0.25) is 0 Å². The van der Waals surface area contributed by atoms with Crippen LogP contribution < -0.4 is 0 Å². The van der Waals surface area contributed by atoms with Gasteiger partial charge in [-0.3, -0.25) is 4.79 Å². The molecule has 5 rings (SSSR count). The molecular weight excluding hydrogens is 400 g/mol. The van der Waals surface area contributed by atoms with E-state index in [9.17, 15) is 9.59 Å². The maximum atomic E-state index is 13.1. The summed E-state index contributed by atoms with van der Waals surface area (Å²) in [5.74, 6) is 0.883. The minimum Gasteiger partial charge on any atom is -0.469 e. The van der Waals surface area contributed by atoms with Gasteiger partial charge in [0.2, 0.25) is 0 Å². The summed E-state index contributed by atoms with van der Waals surface area (Å²) in [5.41, 5.74) is 1.29. The number of hydrogen-bond donors (Lipinski definition) is 0. The van der Waals surface area contributed by atoms with Crippen molar-refractivity contribution in [2.24, 2.45) is 34.0 Å². The summed E-state index contributed by atoms with van der Waals surface area (Å²) in [5, 5.41) is 0. The van der Waals surface area contributed by atoms with Gasteiger partial charge in [0.1, 0.15) is 6.10 Å². The van der Waals surface area contributed by atoms with Gasteiger partial charge in [0.05, 0.1) is 18.1 Å². The summed E-state index contributed by atoms with van der Waals surface area (Å²) in [6, 6.07) is 9.31. The van der Waals surface area contributed by atoms with Crippen LogP contribution in [0.25, 0.3) is 0 Å². The minimum absolute atomic E-state index is 0.0481. The van der Waals surface area contributed by atoms with E-state index in [0.717, 1.165) is 56.9 Å². The van der Waals surface area contributed by atoms with Crippen molar-refractivity contribution in [1.29, 1.82) is 0 Å². The van der Waals surface area contributed by atoms with Gasteiger partial charge in [-0.1, -0.05) is 38.1 Å². The Morgan fingerprint density at radius 1 is 1.00 bits per heavy atom. The quantitative estimate of drug-likeness (QED) is 0.433. The Bertz CT molecular complexity index is 938. The number of rotatable bonds is 3. The van der Waals surface area contributed by atoms with Gasteiger partial charge in [0.15, 0.2) is 0 Å². The number of ether oxygens (including phenoxy) is 2. The predicted molar refractivity (Wildman–Crippen MR) is 123 cm³/mol. The lowest BCUT2D eigenvalue weighted by Gasteiger charge is -2.64. The lowest BCUT2D eigenvalue weighted by atomic mass is 9.40. The monoisotopic (exact) mass is 436 g/mol. The summed E-state index contributed by atoms with van der Waals surface area (Å²) < 4.78 is 11.6. The molecular formula is C28H36O4. The molecule has 1 spiro atoms. The van der Waals surface area contributed by atoms with Gasteiger partial charge in [-0.15, -0.1) is 0 Å². The highest BCUT2D eigenvalue weighted by atomic mass is 16.5. The second-order valence-corrected chi connectivity index (χ2v) is 11.4. The van der Waals surface area contributed by atoms with Gasteiger partial charge in [0, 0.05) is 5.41 Å². The summed E-state index contributed by atoms with van der Waals surface area (Å²) in [6.45, 7) is 9.00. The highest BCUT2D eigenvalue weighted by Gasteiger charge is 2.68. The molecule has 2 bridgehead atoms. The van der Waals surface area contributed by atoms with Crippen LogP contribution in [-0.4, -0.2) is 25.2 Å². The molecule has 4 fully saturated rings. The number of carbonyl (C=O) groups is 2. The van der Waals surface area contributed by atoms with Crippen LogP contribution in [0.4, 0.5) is 0 Å². The Hall–Kier alpha value is -2.10. The van der Waals surface area contributed by atoms with Crippen LogP contribution in [0.3, 0.4) is 0 Å². The lowest BCUT2D eigenvalue weighted by Crippen LogP contribution is -2.60. The Balaban J connectivity index is 1.50. The largest absolute Gasteiger partial charge is 0.469 e. The van der Waals surface area contributed by atoms with Crippen molar-refractivity contribution in [2.75, 3.05) is 7.11 Å². The molecule has 4 saturated carbocycles. The molecule has 0 heterocycles. The second kappa shape index (κ2) is 7.46. The Morgan fingerprint density at radius 2 is 1.75 bits per heavy atom. The van der Waals surface area contributed by atoms with Crippen molar-refractivity contribution in [1.82, 2.24) is 0 Å². The first kappa shape index (κ1) is 21.7. The summed E-state index contributed by atoms with van der Waals surface area (Å²) in [7, 11) is 1.52. The third-order valence-electron chi connectivity index (χ3n) is 10.1. The van der Waals surface area contributed by atoms with E-state index in [1.807, 2.05) is 30.3 Å². The number of carbonyl (C=O) groups excluding carboxylic acids is 2. The molecule has 0 aliphatic heterocycles. The number of esters is 2. The standard InChI is InChI=1S/C28H36O4/c1-18-20-11-12-22-26(2)14-8-15-27(3,25(30)31-4)21(26)13-16-28(22,17-20)23(18)32-24(29)19-9-6-5-7-10-19/h5-7,9-10,20-23H,1,8,11-17H2,2-4H3/t20-,21+,22+,23+,26-,27-,28-/m1/s1. The van der Waals surface area contributed by atoms with Gasteiger partial charge in [0.25, 0.3) is 0 Å². The molecule has 172 valence electrons. The van der Waals surface area contributed by atoms with Crippen LogP contribution >= 0.6 is 0 Å². The molecule has 0 aromatic heterocycles. The van der Waals surface area contributed by atoms with Gasteiger partial charge >= 0.3 is 11.9 Å². The molecule has 1 aromatic rings. The van der Waals surface area contributed by atoms with Gasteiger partial charge in [-0.2, -0.15) is 0 Å². The molecule has 7 atom stereocenters. The number of fused-ring (bicyclic) bond motifs is 3. The molecule has 4 nitrogen and oxygen atoms in total. The third kappa shape index (κ3) is 2.87. The van der Waals surface area contributed by atoms with E-state index < -0.39 is 5.41 Å². The molecule has 4 aliphatic rings. The Labute approximate surface area is 191 Å². The first-order chi connectivity index (χ1) is 15.3. The molecule has 0 radical (unpaired) electrons. The number of benzene rings is 1. The van der Waals surface area contributed by atoms with Crippen molar-refractivity contribution in [3.05, 3.63) is 48.0 Å². The Kier molecular flexibility index (Phi) is 5.07. The fourth-order valence-electron chi connectivity index (χ4n) is 8.75. The van der Waals surface area contributed by atoms with Crippen molar-refractivity contribution in [3.8, 4) is 0 Å². The summed E-state index contributed by atoms with van der Waals surface area (Å²) >= 11 is 0. The van der Waals surface area contributed by atoms with Crippen LogP contribution in [0, 0.1) is 34.0 Å². The van der Waals surface area contributed by atoms with Gasteiger partial charge in [-0.25, -0.2) is 4.79 Å². The van der Waals surface area contributed by atoms with Crippen LogP contribution in [-0.2, 0) is 14.3 Å². The van der Waals surface area contributed by atoms with Crippen molar-refractivity contribution in [2.45, 2.75) is 71.3 Å². The molecule has 4 aliphatic carbocycles. The minimum atomic E-state index is -0.425. The molecule has 0 amide bonds. The van der Waals surface area contributed by atoms with E-state index in [1.54, 1.807) is 0 Å². The highest BCUT2D eigenvalue weighted by molar-refractivity contribution is 5.89. The van der Waals surface area contributed by atoms with Crippen molar-refractivity contribution in [3.63, 3.8) is 0 Å². The molecule has 0 unspecified atom stereocenters. The maximum absolute atomic E-state index is 13.1. The normalized spacial score (nSPS) is 42.5. The lowest BCUT2D eigenvalue weighted by molar-refractivity contribution is -0.192. The predicted octanol–water partition coefficient (Wildman–Crippen LogP) is 5.96. The Morgan fingerprint density at radius 3 is 2.47 bits per heavy atom. The zero-order valence-corrected chi connectivity index (χ0v) is 19.7. The molecule has 0 N–H and O–H groups in total. The molecule has 1 aromatic carbocycles. The average Bonchev–Trinajstić information content (AvgIpc) is 2.99. The van der Waals surface area contributed by atoms with E-state index in [-0.39, 0.29) is 28.9 Å². The highest BCUT2D eigenvalue weighted by Crippen LogP contribution is 2.72. The van der Waals surface area contributed by atoms with E-state index in [4.69, 9.17) is 9.47 Å². The second-order valence-electron chi connectivity index (χ2n) is 11.4. The van der Waals surface area contributed by atoms with E-state index >= 15 is 0 Å². The van der Waals surface area contributed by atoms with E-state index in [1.165, 1.54) is 7.11 Å². The molecule has 32 heavy (non-hydrogen) atoms. The van der Waals surface area contributed by atoms with Crippen LogP contribution in [0.5, 0.6) is 0 Å². The average molecular weight is 437 g/mol. The zero-order chi connectivity index (χ0) is 22.7. The zero-order valence-electron chi connectivity index (χ0n) is 19.7. The van der Waals surface area contributed by atoms with Gasteiger partial charge < -0.3 is 9.47 Å². The summed E-state index contributed by atoms with van der Waals surface area (Å²) in [4.78, 5) is 26.0. The smallest absolute Gasteiger partial charge is 0.338 e. The number of methoxy groups -OCH3 is 1. The molecule has 4 heteroatoms. The van der Waals surface area contributed by atoms with Crippen LogP contribution in [0.1, 0.15) is 75.6 Å². The fraction of sp³-hybridized carbons (Fsp3) is 0.643. The summed E-state index contributed by atoms with van der Waals surface area (Å²) in [6.07, 6.45) is 8.15. The van der Waals surface area contributed by atoms with E-state index in [0.29, 0.717) is 23.3 Å². The van der Waals surface area contributed by atoms with Crippen LogP contribution in [0.15, 0.2) is 42.5 Å². The fourth-order valence-corrected chi connectivity index (χ4v) is 8.75. The topological polar surface area (TPSA) is 52.6 Å². The first-order valence-corrected chi connectivity index (χ1v) is 12.3. The third-order valence-corrected chi connectivity index (χ3v) is 10.1.